The molecule has 2 heterocycles. The molecule has 0 spiro atoms. The van der Waals surface area contributed by atoms with Crippen LogP contribution in [0.3, 0.4) is 0 Å². The zero-order valence-electron chi connectivity index (χ0n) is 13.2. The minimum Gasteiger partial charge on any atom is -0.355 e. The number of para-hydroxylation sites is 1. The standard InChI is InChI=1S/C17H23N5O/c23-17(14-21-10-8-18-9-11-21)19-7-6-15-12-20-22(13-15)16-4-2-1-3-5-16/h1-5,12-13,18H,6-11,14H2,(H,19,23). The quantitative estimate of drug-likeness (QED) is 0.812. The third-order valence-corrected chi connectivity index (χ3v) is 3.97. The molecule has 0 unspecified atom stereocenters. The Morgan fingerprint density at radius 1 is 1.22 bits per heavy atom. The molecule has 6 heteroatoms. The van der Waals surface area contributed by atoms with E-state index in [1.54, 1.807) is 0 Å². The molecule has 2 N–H and O–H groups in total. The zero-order chi connectivity index (χ0) is 15.9. The van der Waals surface area contributed by atoms with Gasteiger partial charge in [0, 0.05) is 38.9 Å². The van der Waals surface area contributed by atoms with Crippen LogP contribution in [0.25, 0.3) is 5.69 Å². The lowest BCUT2D eigenvalue weighted by Crippen LogP contribution is -2.47. The molecule has 0 bridgehead atoms. The Balaban J connectivity index is 1.42. The summed E-state index contributed by atoms with van der Waals surface area (Å²) in [5.41, 5.74) is 2.16. The van der Waals surface area contributed by atoms with Gasteiger partial charge in [-0.15, -0.1) is 0 Å². The topological polar surface area (TPSA) is 62.2 Å². The van der Waals surface area contributed by atoms with Gasteiger partial charge in [0.2, 0.25) is 5.91 Å². The van der Waals surface area contributed by atoms with Crippen LogP contribution in [0.5, 0.6) is 0 Å². The van der Waals surface area contributed by atoms with Gasteiger partial charge in [0.05, 0.1) is 18.4 Å². The maximum atomic E-state index is 11.9. The van der Waals surface area contributed by atoms with Gasteiger partial charge in [-0.05, 0) is 24.1 Å². The van der Waals surface area contributed by atoms with E-state index in [0.717, 1.165) is 43.9 Å². The Labute approximate surface area is 136 Å². The highest BCUT2D eigenvalue weighted by Gasteiger charge is 2.13. The first kappa shape index (κ1) is 15.7. The molecule has 0 aliphatic carbocycles. The van der Waals surface area contributed by atoms with E-state index in [1.807, 2.05) is 47.4 Å². The number of nitrogens with zero attached hydrogens (tertiary/aromatic N) is 3. The number of carbonyl (C=O) groups is 1. The fourth-order valence-corrected chi connectivity index (χ4v) is 2.69. The summed E-state index contributed by atoms with van der Waals surface area (Å²) >= 11 is 0. The van der Waals surface area contributed by atoms with Crippen LogP contribution in [-0.2, 0) is 11.2 Å². The number of benzene rings is 1. The van der Waals surface area contributed by atoms with Crippen LogP contribution in [0.15, 0.2) is 42.7 Å². The highest BCUT2D eigenvalue weighted by atomic mass is 16.2. The minimum atomic E-state index is 0.0994. The Hall–Kier alpha value is -2.18. The molecule has 23 heavy (non-hydrogen) atoms. The number of rotatable bonds is 6. The van der Waals surface area contributed by atoms with Crippen molar-refractivity contribution in [3.05, 3.63) is 48.3 Å². The normalized spacial score (nSPS) is 15.5. The summed E-state index contributed by atoms with van der Waals surface area (Å²) in [6.45, 7) is 4.95. The predicted octanol–water partition coefficient (Wildman–Crippen LogP) is 0.436. The highest BCUT2D eigenvalue weighted by Crippen LogP contribution is 2.07. The van der Waals surface area contributed by atoms with E-state index in [0.29, 0.717) is 13.1 Å². The fraction of sp³-hybridized carbons (Fsp3) is 0.412. The summed E-state index contributed by atoms with van der Waals surface area (Å²) in [5.74, 6) is 0.0994. The molecule has 2 aromatic rings. The van der Waals surface area contributed by atoms with Crippen molar-refractivity contribution in [1.29, 1.82) is 0 Å². The van der Waals surface area contributed by atoms with Crippen molar-refractivity contribution < 1.29 is 4.79 Å². The third kappa shape index (κ3) is 4.64. The number of aromatic nitrogens is 2. The summed E-state index contributed by atoms with van der Waals surface area (Å²) in [7, 11) is 0. The molecule has 1 aromatic heterocycles. The van der Waals surface area contributed by atoms with E-state index in [9.17, 15) is 4.79 Å². The smallest absolute Gasteiger partial charge is 0.234 e. The Bertz CT molecular complexity index is 619. The number of amides is 1. The van der Waals surface area contributed by atoms with Crippen molar-refractivity contribution in [2.24, 2.45) is 0 Å². The average Bonchev–Trinajstić information content (AvgIpc) is 3.05. The second kappa shape index (κ2) is 7.89. The van der Waals surface area contributed by atoms with E-state index in [4.69, 9.17) is 0 Å². The number of hydrogen-bond donors (Lipinski definition) is 2. The third-order valence-electron chi connectivity index (χ3n) is 3.97. The van der Waals surface area contributed by atoms with Gasteiger partial charge >= 0.3 is 0 Å². The molecule has 6 nitrogen and oxygen atoms in total. The lowest BCUT2D eigenvalue weighted by Gasteiger charge is -2.26. The first-order valence-electron chi connectivity index (χ1n) is 8.10. The molecule has 1 aromatic carbocycles. The lowest BCUT2D eigenvalue weighted by molar-refractivity contribution is -0.122. The van der Waals surface area contributed by atoms with Crippen LogP contribution < -0.4 is 10.6 Å². The van der Waals surface area contributed by atoms with Crippen molar-refractivity contribution >= 4 is 5.91 Å². The molecule has 0 saturated carbocycles. The molecule has 1 amide bonds. The van der Waals surface area contributed by atoms with Crippen molar-refractivity contribution in [3.8, 4) is 5.69 Å². The summed E-state index contributed by atoms with van der Waals surface area (Å²) in [6, 6.07) is 10.0. The molecular weight excluding hydrogens is 290 g/mol. The van der Waals surface area contributed by atoms with Gasteiger partial charge in [-0.1, -0.05) is 18.2 Å². The van der Waals surface area contributed by atoms with Crippen LogP contribution in [-0.4, -0.2) is 59.9 Å². The van der Waals surface area contributed by atoms with E-state index >= 15 is 0 Å². The second-order valence-corrected chi connectivity index (χ2v) is 5.75. The molecule has 0 atom stereocenters. The molecule has 0 radical (unpaired) electrons. The molecule has 1 aliphatic heterocycles. The fourth-order valence-electron chi connectivity index (χ4n) is 2.69. The minimum absolute atomic E-state index is 0.0994. The van der Waals surface area contributed by atoms with Crippen LogP contribution in [0.4, 0.5) is 0 Å². The Morgan fingerprint density at radius 2 is 2.00 bits per heavy atom. The van der Waals surface area contributed by atoms with E-state index in [-0.39, 0.29) is 5.91 Å². The van der Waals surface area contributed by atoms with Gasteiger partial charge in [0.15, 0.2) is 0 Å². The molecule has 1 fully saturated rings. The second-order valence-electron chi connectivity index (χ2n) is 5.75. The maximum Gasteiger partial charge on any atom is 0.234 e. The van der Waals surface area contributed by atoms with Gasteiger partial charge in [0.25, 0.3) is 0 Å². The summed E-state index contributed by atoms with van der Waals surface area (Å²) in [6.07, 6.45) is 4.66. The van der Waals surface area contributed by atoms with E-state index in [1.165, 1.54) is 0 Å². The van der Waals surface area contributed by atoms with Crippen LogP contribution in [0.2, 0.25) is 0 Å². The number of carbonyl (C=O) groups excluding carboxylic acids is 1. The lowest BCUT2D eigenvalue weighted by atomic mass is 10.2. The van der Waals surface area contributed by atoms with Gasteiger partial charge < -0.3 is 10.6 Å². The first-order valence-corrected chi connectivity index (χ1v) is 8.10. The van der Waals surface area contributed by atoms with Gasteiger partial charge in [-0.2, -0.15) is 5.10 Å². The largest absolute Gasteiger partial charge is 0.355 e. The molecule has 3 rings (SSSR count). The number of piperazine rings is 1. The van der Waals surface area contributed by atoms with Crippen molar-refractivity contribution in [2.45, 2.75) is 6.42 Å². The molecule has 122 valence electrons. The van der Waals surface area contributed by atoms with Crippen molar-refractivity contribution in [2.75, 3.05) is 39.3 Å². The van der Waals surface area contributed by atoms with E-state index < -0.39 is 0 Å². The first-order chi connectivity index (χ1) is 11.3. The summed E-state index contributed by atoms with van der Waals surface area (Å²) in [5, 5.41) is 10.6. The van der Waals surface area contributed by atoms with Crippen molar-refractivity contribution in [3.63, 3.8) is 0 Å². The molecular formula is C17H23N5O. The Morgan fingerprint density at radius 3 is 2.78 bits per heavy atom. The Kier molecular flexibility index (Phi) is 5.39. The van der Waals surface area contributed by atoms with Gasteiger partial charge in [-0.25, -0.2) is 4.68 Å². The van der Waals surface area contributed by atoms with Crippen molar-refractivity contribution in [1.82, 2.24) is 25.3 Å². The van der Waals surface area contributed by atoms with Gasteiger partial charge in [-0.3, -0.25) is 9.69 Å². The SMILES string of the molecule is O=C(CN1CCNCC1)NCCc1cnn(-c2ccccc2)c1. The van der Waals surface area contributed by atoms with Crippen LogP contribution in [0.1, 0.15) is 5.56 Å². The van der Waals surface area contributed by atoms with Crippen LogP contribution >= 0.6 is 0 Å². The monoisotopic (exact) mass is 313 g/mol. The van der Waals surface area contributed by atoms with Crippen LogP contribution in [0, 0.1) is 0 Å². The van der Waals surface area contributed by atoms with E-state index in [2.05, 4.69) is 20.6 Å². The molecule has 1 saturated heterocycles. The zero-order valence-corrected chi connectivity index (χ0v) is 13.2. The molecule has 1 aliphatic rings. The predicted molar refractivity (Wildman–Crippen MR) is 89.6 cm³/mol. The summed E-state index contributed by atoms with van der Waals surface area (Å²) in [4.78, 5) is 14.1. The highest BCUT2D eigenvalue weighted by molar-refractivity contribution is 5.78. The average molecular weight is 313 g/mol. The van der Waals surface area contributed by atoms with Gasteiger partial charge in [0.1, 0.15) is 0 Å². The summed E-state index contributed by atoms with van der Waals surface area (Å²) < 4.78 is 1.86. The number of hydrogen-bond acceptors (Lipinski definition) is 4. The number of nitrogens with one attached hydrogen (secondary N) is 2. The maximum absolute atomic E-state index is 11.9.